The van der Waals surface area contributed by atoms with E-state index in [-0.39, 0.29) is 0 Å². The molecule has 0 spiro atoms. The second kappa shape index (κ2) is 9.00. The summed E-state index contributed by atoms with van der Waals surface area (Å²) in [5.74, 6) is 2.00. The van der Waals surface area contributed by atoms with Crippen molar-refractivity contribution in [2.75, 3.05) is 40.3 Å². The molecule has 2 aliphatic heterocycles. The Morgan fingerprint density at radius 1 is 0.688 bits per heavy atom. The predicted molar refractivity (Wildman–Crippen MR) is 73.9 cm³/mol. The maximum atomic E-state index is 2.50. The maximum Gasteiger partial charge on any atom is 0.00103 e. The Labute approximate surface area is 103 Å². The molecule has 0 aromatic rings. The van der Waals surface area contributed by atoms with Gasteiger partial charge in [0.1, 0.15) is 0 Å². The predicted octanol–water partition coefficient (Wildman–Crippen LogP) is 2.94. The van der Waals surface area contributed by atoms with Crippen molar-refractivity contribution in [1.82, 2.24) is 9.80 Å². The van der Waals surface area contributed by atoms with Crippen LogP contribution in [0.3, 0.4) is 0 Å². The van der Waals surface area contributed by atoms with Crippen molar-refractivity contribution < 1.29 is 0 Å². The van der Waals surface area contributed by atoms with Gasteiger partial charge < -0.3 is 9.80 Å². The minimum atomic E-state index is 1.000. The van der Waals surface area contributed by atoms with Gasteiger partial charge in [-0.2, -0.15) is 0 Å². The first-order chi connectivity index (χ1) is 7.75. The van der Waals surface area contributed by atoms with Gasteiger partial charge in [-0.05, 0) is 51.9 Å². The standard InChI is InChI=1S/C10H20N2.2C2H6/c1-11-5-3-9-7-12(2)8-10(9)4-6-11;2*1-2/h9-10H,3-8H2,1-2H3;2*1-2H3. The van der Waals surface area contributed by atoms with E-state index in [0.717, 1.165) is 11.8 Å². The summed E-state index contributed by atoms with van der Waals surface area (Å²) in [6.07, 6.45) is 2.84. The molecule has 98 valence electrons. The number of hydrogen-bond acceptors (Lipinski definition) is 2. The third kappa shape index (κ3) is 4.84. The first-order valence-electron chi connectivity index (χ1n) is 7.13. The molecule has 2 saturated heterocycles. The number of fused-ring (bicyclic) bond motifs is 1. The van der Waals surface area contributed by atoms with Crippen molar-refractivity contribution in [3.8, 4) is 0 Å². The van der Waals surface area contributed by atoms with Crippen LogP contribution >= 0.6 is 0 Å². The molecule has 0 amide bonds. The van der Waals surface area contributed by atoms with E-state index in [1.54, 1.807) is 0 Å². The van der Waals surface area contributed by atoms with E-state index in [0.29, 0.717) is 0 Å². The largest absolute Gasteiger partial charge is 0.306 e. The molecule has 0 bridgehead atoms. The smallest absolute Gasteiger partial charge is 0.00103 e. The summed E-state index contributed by atoms with van der Waals surface area (Å²) in [6.45, 7) is 13.3. The molecule has 0 saturated carbocycles. The minimum absolute atomic E-state index is 1.000. The summed E-state index contributed by atoms with van der Waals surface area (Å²) < 4.78 is 0. The van der Waals surface area contributed by atoms with Gasteiger partial charge in [0.2, 0.25) is 0 Å². The Kier molecular flexibility index (Phi) is 8.96. The van der Waals surface area contributed by atoms with Crippen molar-refractivity contribution in [2.45, 2.75) is 40.5 Å². The lowest BCUT2D eigenvalue weighted by Gasteiger charge is -2.14. The normalized spacial score (nSPS) is 30.4. The molecule has 2 heteroatoms. The van der Waals surface area contributed by atoms with Crippen LogP contribution in [0.15, 0.2) is 0 Å². The second-order valence-corrected chi connectivity index (χ2v) is 4.62. The first-order valence-corrected chi connectivity index (χ1v) is 7.13. The summed E-state index contributed by atoms with van der Waals surface area (Å²) in [4.78, 5) is 4.99. The summed E-state index contributed by atoms with van der Waals surface area (Å²) in [5, 5.41) is 0. The Bertz CT molecular complexity index is 143. The molecular formula is C14H32N2. The third-order valence-electron chi connectivity index (χ3n) is 3.52. The van der Waals surface area contributed by atoms with Crippen LogP contribution < -0.4 is 0 Å². The van der Waals surface area contributed by atoms with Gasteiger partial charge in [0.05, 0.1) is 0 Å². The van der Waals surface area contributed by atoms with Crippen LogP contribution in [-0.2, 0) is 0 Å². The topological polar surface area (TPSA) is 6.48 Å². The molecule has 2 unspecified atom stereocenters. The molecule has 2 heterocycles. The lowest BCUT2D eigenvalue weighted by molar-refractivity contribution is 0.315. The van der Waals surface area contributed by atoms with Crippen molar-refractivity contribution in [3.63, 3.8) is 0 Å². The molecule has 2 aliphatic rings. The first kappa shape index (κ1) is 15.9. The molecule has 2 atom stereocenters. The van der Waals surface area contributed by atoms with Gasteiger partial charge in [-0.15, -0.1) is 0 Å². The molecule has 2 fully saturated rings. The summed E-state index contributed by atoms with van der Waals surface area (Å²) in [6, 6.07) is 0. The van der Waals surface area contributed by atoms with Crippen LogP contribution in [0.1, 0.15) is 40.5 Å². The lowest BCUT2D eigenvalue weighted by atomic mass is 9.92. The lowest BCUT2D eigenvalue weighted by Crippen LogP contribution is -2.22. The molecule has 0 aromatic carbocycles. The fraction of sp³-hybridized carbons (Fsp3) is 1.00. The minimum Gasteiger partial charge on any atom is -0.306 e. The van der Waals surface area contributed by atoms with Crippen LogP contribution in [0.2, 0.25) is 0 Å². The zero-order chi connectivity index (χ0) is 12.6. The van der Waals surface area contributed by atoms with Gasteiger partial charge in [0, 0.05) is 13.1 Å². The highest BCUT2D eigenvalue weighted by Gasteiger charge is 2.32. The van der Waals surface area contributed by atoms with Crippen molar-refractivity contribution in [3.05, 3.63) is 0 Å². The van der Waals surface area contributed by atoms with Gasteiger partial charge in [-0.3, -0.25) is 0 Å². The summed E-state index contributed by atoms with van der Waals surface area (Å²) in [7, 11) is 4.52. The molecule has 2 rings (SSSR count). The van der Waals surface area contributed by atoms with Crippen molar-refractivity contribution in [2.24, 2.45) is 11.8 Å². The zero-order valence-electron chi connectivity index (χ0n) is 12.3. The average molecular weight is 228 g/mol. The van der Waals surface area contributed by atoms with E-state index in [1.165, 1.54) is 39.0 Å². The zero-order valence-corrected chi connectivity index (χ0v) is 12.3. The quantitative estimate of drug-likeness (QED) is 0.629. The highest BCUT2D eigenvalue weighted by molar-refractivity contribution is 4.85. The molecule has 2 nitrogen and oxygen atoms in total. The highest BCUT2D eigenvalue weighted by atomic mass is 15.1. The molecule has 0 aromatic heterocycles. The number of likely N-dealkylation sites (tertiary alicyclic amines) is 2. The fourth-order valence-corrected chi connectivity index (χ4v) is 2.71. The van der Waals surface area contributed by atoms with Crippen molar-refractivity contribution >= 4 is 0 Å². The van der Waals surface area contributed by atoms with Gasteiger partial charge in [0.15, 0.2) is 0 Å². The SMILES string of the molecule is CC.CC.CN1CCC2CN(C)CC2CC1. The fourth-order valence-electron chi connectivity index (χ4n) is 2.71. The Morgan fingerprint density at radius 2 is 1.06 bits per heavy atom. The summed E-state index contributed by atoms with van der Waals surface area (Å²) in [5.41, 5.74) is 0. The van der Waals surface area contributed by atoms with Gasteiger partial charge >= 0.3 is 0 Å². The maximum absolute atomic E-state index is 2.50. The number of hydrogen-bond donors (Lipinski definition) is 0. The van der Waals surface area contributed by atoms with E-state index in [9.17, 15) is 0 Å². The van der Waals surface area contributed by atoms with Gasteiger partial charge in [-0.25, -0.2) is 0 Å². The van der Waals surface area contributed by atoms with Crippen LogP contribution in [0.4, 0.5) is 0 Å². The Balaban J connectivity index is 0.000000509. The number of nitrogens with zero attached hydrogens (tertiary/aromatic N) is 2. The average Bonchev–Trinajstić information content (AvgIpc) is 2.61. The van der Waals surface area contributed by atoms with E-state index < -0.39 is 0 Å². The molecule has 0 aliphatic carbocycles. The van der Waals surface area contributed by atoms with E-state index in [2.05, 4.69) is 23.9 Å². The van der Waals surface area contributed by atoms with Crippen molar-refractivity contribution in [1.29, 1.82) is 0 Å². The van der Waals surface area contributed by atoms with Crippen LogP contribution in [0.25, 0.3) is 0 Å². The molecule has 0 radical (unpaired) electrons. The van der Waals surface area contributed by atoms with E-state index in [1.807, 2.05) is 27.7 Å². The Hall–Kier alpha value is -0.0800. The van der Waals surface area contributed by atoms with Crippen LogP contribution in [0, 0.1) is 11.8 Å². The molecule has 0 N–H and O–H groups in total. The highest BCUT2D eigenvalue weighted by Crippen LogP contribution is 2.30. The van der Waals surface area contributed by atoms with Crippen LogP contribution in [-0.4, -0.2) is 50.1 Å². The Morgan fingerprint density at radius 3 is 1.44 bits per heavy atom. The monoisotopic (exact) mass is 228 g/mol. The van der Waals surface area contributed by atoms with Crippen LogP contribution in [0.5, 0.6) is 0 Å². The summed E-state index contributed by atoms with van der Waals surface area (Å²) >= 11 is 0. The molecule has 16 heavy (non-hydrogen) atoms. The molecular weight excluding hydrogens is 196 g/mol. The van der Waals surface area contributed by atoms with Gasteiger partial charge in [-0.1, -0.05) is 27.7 Å². The van der Waals surface area contributed by atoms with Gasteiger partial charge in [0.25, 0.3) is 0 Å². The second-order valence-electron chi connectivity index (χ2n) is 4.62. The van der Waals surface area contributed by atoms with E-state index in [4.69, 9.17) is 0 Å². The number of rotatable bonds is 0. The van der Waals surface area contributed by atoms with E-state index >= 15 is 0 Å². The third-order valence-corrected chi connectivity index (χ3v) is 3.52.